The fraction of sp³-hybridized carbons (Fsp3) is 0.500. The van der Waals surface area contributed by atoms with E-state index in [1.807, 2.05) is 6.07 Å². The van der Waals surface area contributed by atoms with Gasteiger partial charge in [-0.3, -0.25) is 0 Å². The molecule has 0 radical (unpaired) electrons. The van der Waals surface area contributed by atoms with Gasteiger partial charge in [0, 0.05) is 5.02 Å². The molecule has 0 unspecified atom stereocenters. The molecule has 1 aromatic rings. The summed E-state index contributed by atoms with van der Waals surface area (Å²) < 4.78 is 0. The van der Waals surface area contributed by atoms with Gasteiger partial charge in [0.2, 0.25) is 0 Å². The quantitative estimate of drug-likeness (QED) is 0.665. The first-order chi connectivity index (χ1) is 6.19. The number of aryl methyl sites for hydroxylation is 1. The summed E-state index contributed by atoms with van der Waals surface area (Å²) in [6, 6.07) is 6.36. The Labute approximate surface area is 85.9 Å². The highest BCUT2D eigenvalue weighted by Crippen LogP contribution is 2.26. The Balaban J connectivity index is 2.95. The molecule has 0 spiro atoms. The fourth-order valence-corrected chi connectivity index (χ4v) is 1.80. The highest BCUT2D eigenvalue weighted by Gasteiger charge is 2.07. The van der Waals surface area contributed by atoms with Crippen molar-refractivity contribution in [3.63, 3.8) is 0 Å². The molecule has 0 saturated carbocycles. The highest BCUT2D eigenvalue weighted by atomic mass is 35.5. The molecule has 0 fully saturated rings. The van der Waals surface area contributed by atoms with E-state index in [0.29, 0.717) is 5.92 Å². The average molecular weight is 197 g/mol. The van der Waals surface area contributed by atoms with E-state index in [4.69, 9.17) is 11.6 Å². The molecule has 0 aliphatic heterocycles. The standard InChI is InChI=1S/C12H17Cl/c1-4-10(5-2)11-6-7-12(13)9(3)8-11/h6-8,10H,4-5H2,1-3H3. The van der Waals surface area contributed by atoms with E-state index >= 15 is 0 Å². The van der Waals surface area contributed by atoms with Gasteiger partial charge in [0.25, 0.3) is 0 Å². The SMILES string of the molecule is CCC(CC)c1ccc(Cl)c(C)c1. The first-order valence-corrected chi connectivity index (χ1v) is 5.32. The molecule has 0 nitrogen and oxygen atoms in total. The average Bonchev–Trinajstić information content (AvgIpc) is 2.13. The molecule has 0 saturated heterocycles. The van der Waals surface area contributed by atoms with Gasteiger partial charge in [-0.2, -0.15) is 0 Å². The predicted molar refractivity (Wildman–Crippen MR) is 59.5 cm³/mol. The molecule has 72 valence electrons. The van der Waals surface area contributed by atoms with Crippen molar-refractivity contribution in [1.29, 1.82) is 0 Å². The van der Waals surface area contributed by atoms with Crippen LogP contribution in [-0.4, -0.2) is 0 Å². The van der Waals surface area contributed by atoms with Crippen molar-refractivity contribution in [2.24, 2.45) is 0 Å². The molecular weight excluding hydrogens is 180 g/mol. The van der Waals surface area contributed by atoms with Crippen LogP contribution in [0.5, 0.6) is 0 Å². The minimum Gasteiger partial charge on any atom is -0.0841 e. The number of benzene rings is 1. The molecule has 13 heavy (non-hydrogen) atoms. The van der Waals surface area contributed by atoms with Crippen molar-refractivity contribution in [2.45, 2.75) is 39.5 Å². The van der Waals surface area contributed by atoms with E-state index in [2.05, 4.69) is 32.9 Å². The Bertz CT molecular complexity index is 274. The van der Waals surface area contributed by atoms with Crippen LogP contribution in [-0.2, 0) is 0 Å². The molecular formula is C12H17Cl. The lowest BCUT2D eigenvalue weighted by molar-refractivity contribution is 0.641. The van der Waals surface area contributed by atoms with Crippen LogP contribution in [0.4, 0.5) is 0 Å². The molecule has 0 bridgehead atoms. The zero-order chi connectivity index (χ0) is 9.84. The van der Waals surface area contributed by atoms with E-state index in [0.717, 1.165) is 5.02 Å². The number of rotatable bonds is 3. The molecule has 1 heteroatoms. The lowest BCUT2D eigenvalue weighted by atomic mass is 9.93. The fourth-order valence-electron chi connectivity index (χ4n) is 1.68. The third kappa shape index (κ3) is 2.47. The van der Waals surface area contributed by atoms with Crippen molar-refractivity contribution in [1.82, 2.24) is 0 Å². The molecule has 0 aromatic heterocycles. The van der Waals surface area contributed by atoms with Gasteiger partial charge in [0.05, 0.1) is 0 Å². The molecule has 0 aliphatic carbocycles. The third-order valence-corrected chi connectivity index (χ3v) is 3.06. The summed E-state index contributed by atoms with van der Waals surface area (Å²) in [4.78, 5) is 0. The summed E-state index contributed by atoms with van der Waals surface area (Å²) in [5.41, 5.74) is 2.61. The largest absolute Gasteiger partial charge is 0.0841 e. The maximum absolute atomic E-state index is 5.97. The summed E-state index contributed by atoms with van der Waals surface area (Å²) in [5.74, 6) is 0.691. The van der Waals surface area contributed by atoms with Gasteiger partial charge >= 0.3 is 0 Å². The second-order valence-electron chi connectivity index (χ2n) is 3.52. The van der Waals surface area contributed by atoms with Crippen molar-refractivity contribution in [3.8, 4) is 0 Å². The number of hydrogen-bond acceptors (Lipinski definition) is 0. The maximum Gasteiger partial charge on any atom is 0.0435 e. The van der Waals surface area contributed by atoms with Gasteiger partial charge in [0.15, 0.2) is 0 Å². The normalized spacial score (nSPS) is 10.8. The molecule has 0 aliphatic rings. The van der Waals surface area contributed by atoms with Gasteiger partial charge in [-0.05, 0) is 42.9 Å². The van der Waals surface area contributed by atoms with E-state index in [1.165, 1.54) is 24.0 Å². The van der Waals surface area contributed by atoms with Gasteiger partial charge in [-0.15, -0.1) is 0 Å². The van der Waals surface area contributed by atoms with Crippen LogP contribution >= 0.6 is 11.6 Å². The Morgan fingerprint density at radius 3 is 2.31 bits per heavy atom. The minimum atomic E-state index is 0.691. The Kier molecular flexibility index (Phi) is 3.80. The lowest BCUT2D eigenvalue weighted by Crippen LogP contribution is -1.95. The first kappa shape index (κ1) is 10.6. The summed E-state index contributed by atoms with van der Waals surface area (Å²) in [5, 5.41) is 0.870. The lowest BCUT2D eigenvalue weighted by Gasteiger charge is -2.13. The van der Waals surface area contributed by atoms with Gasteiger partial charge in [0.1, 0.15) is 0 Å². The van der Waals surface area contributed by atoms with E-state index < -0.39 is 0 Å². The smallest absolute Gasteiger partial charge is 0.0435 e. The predicted octanol–water partition coefficient (Wildman–Crippen LogP) is 4.55. The van der Waals surface area contributed by atoms with E-state index in [9.17, 15) is 0 Å². The van der Waals surface area contributed by atoms with E-state index in [1.54, 1.807) is 0 Å². The van der Waals surface area contributed by atoms with Gasteiger partial charge in [-0.1, -0.05) is 37.6 Å². The molecule has 0 N–H and O–H groups in total. The zero-order valence-corrected chi connectivity index (χ0v) is 9.36. The van der Waals surface area contributed by atoms with E-state index in [-0.39, 0.29) is 0 Å². The summed E-state index contributed by atoms with van der Waals surface area (Å²) in [6.45, 7) is 6.53. The molecule has 1 rings (SSSR count). The van der Waals surface area contributed by atoms with Crippen LogP contribution in [0.25, 0.3) is 0 Å². The van der Waals surface area contributed by atoms with Crippen LogP contribution in [0.3, 0.4) is 0 Å². The monoisotopic (exact) mass is 196 g/mol. The summed E-state index contributed by atoms with van der Waals surface area (Å²) in [7, 11) is 0. The topological polar surface area (TPSA) is 0 Å². The Hall–Kier alpha value is -0.490. The van der Waals surface area contributed by atoms with Gasteiger partial charge in [-0.25, -0.2) is 0 Å². The van der Waals surface area contributed by atoms with Gasteiger partial charge < -0.3 is 0 Å². The number of halogens is 1. The zero-order valence-electron chi connectivity index (χ0n) is 8.60. The first-order valence-electron chi connectivity index (χ1n) is 4.95. The molecule has 0 heterocycles. The van der Waals surface area contributed by atoms with Crippen molar-refractivity contribution in [3.05, 3.63) is 34.3 Å². The molecule has 1 aromatic carbocycles. The Morgan fingerprint density at radius 2 is 1.85 bits per heavy atom. The second-order valence-corrected chi connectivity index (χ2v) is 3.93. The maximum atomic E-state index is 5.97. The van der Waals surface area contributed by atoms with Crippen LogP contribution in [0.15, 0.2) is 18.2 Å². The molecule has 0 atom stereocenters. The second kappa shape index (κ2) is 4.66. The number of hydrogen-bond donors (Lipinski definition) is 0. The van der Waals surface area contributed by atoms with Crippen molar-refractivity contribution in [2.75, 3.05) is 0 Å². The highest BCUT2D eigenvalue weighted by molar-refractivity contribution is 6.31. The molecule has 0 amide bonds. The van der Waals surface area contributed by atoms with Crippen LogP contribution in [0.1, 0.15) is 43.7 Å². The van der Waals surface area contributed by atoms with Crippen molar-refractivity contribution < 1.29 is 0 Å². The van der Waals surface area contributed by atoms with Crippen LogP contribution in [0.2, 0.25) is 5.02 Å². The van der Waals surface area contributed by atoms with Crippen LogP contribution in [0, 0.1) is 6.92 Å². The van der Waals surface area contributed by atoms with Crippen molar-refractivity contribution >= 4 is 11.6 Å². The third-order valence-electron chi connectivity index (χ3n) is 2.64. The Morgan fingerprint density at radius 1 is 1.23 bits per heavy atom. The summed E-state index contributed by atoms with van der Waals surface area (Å²) in [6.07, 6.45) is 2.41. The summed E-state index contributed by atoms with van der Waals surface area (Å²) >= 11 is 5.97. The van der Waals surface area contributed by atoms with Crippen LogP contribution < -0.4 is 0 Å². The minimum absolute atomic E-state index is 0.691.